The first kappa shape index (κ1) is 13.8. The first-order valence-electron chi connectivity index (χ1n) is 5.67. The lowest BCUT2D eigenvalue weighted by atomic mass is 10.1. The lowest BCUT2D eigenvalue weighted by molar-refractivity contribution is 0.0495. The van der Waals surface area contributed by atoms with E-state index < -0.39 is 5.97 Å². The molecule has 1 aromatic carbocycles. The smallest absolute Gasteiger partial charge is 0.342 e. The van der Waals surface area contributed by atoms with Crippen molar-refractivity contribution in [2.45, 2.75) is 19.3 Å². The number of hydrogen-bond donors (Lipinski definition) is 1. The Morgan fingerprint density at radius 1 is 1.44 bits per heavy atom. The van der Waals surface area contributed by atoms with E-state index in [1.54, 1.807) is 18.2 Å². The Balaban J connectivity index is 2.57. The number of unbranched alkanes of at least 4 members (excludes halogenated alkanes) is 2. The van der Waals surface area contributed by atoms with Crippen LogP contribution in [0.5, 0.6) is 5.75 Å². The van der Waals surface area contributed by atoms with Gasteiger partial charge in [0.2, 0.25) is 0 Å². The molecule has 1 rings (SSSR count). The minimum absolute atomic E-state index is 0.290. The number of methoxy groups -OCH3 is 1. The van der Waals surface area contributed by atoms with Gasteiger partial charge in [-0.15, -0.1) is 0 Å². The molecular formula is C13H16N2O3. The lowest BCUT2D eigenvalue weighted by Crippen LogP contribution is -2.09. The molecule has 96 valence electrons. The van der Waals surface area contributed by atoms with Gasteiger partial charge in [-0.3, -0.25) is 0 Å². The van der Waals surface area contributed by atoms with Gasteiger partial charge in [-0.25, -0.2) is 4.79 Å². The molecule has 5 heteroatoms. The van der Waals surface area contributed by atoms with Crippen molar-refractivity contribution in [3.8, 4) is 11.8 Å². The first-order valence-corrected chi connectivity index (χ1v) is 5.67. The van der Waals surface area contributed by atoms with Crippen LogP contribution < -0.4 is 10.5 Å². The fourth-order valence-corrected chi connectivity index (χ4v) is 1.49. The van der Waals surface area contributed by atoms with Crippen LogP contribution in [0.2, 0.25) is 0 Å². The van der Waals surface area contributed by atoms with Crippen LogP contribution in [0.3, 0.4) is 0 Å². The first-order chi connectivity index (χ1) is 8.70. The molecule has 0 saturated heterocycles. The van der Waals surface area contributed by atoms with Gasteiger partial charge in [-0.05, 0) is 25.0 Å². The molecule has 2 N–H and O–H groups in total. The van der Waals surface area contributed by atoms with Gasteiger partial charge >= 0.3 is 5.97 Å². The Morgan fingerprint density at radius 2 is 2.22 bits per heavy atom. The monoisotopic (exact) mass is 248 g/mol. The number of hydrogen-bond acceptors (Lipinski definition) is 5. The number of carbonyl (C=O) groups is 1. The van der Waals surface area contributed by atoms with E-state index in [9.17, 15) is 4.79 Å². The summed E-state index contributed by atoms with van der Waals surface area (Å²) >= 11 is 0. The molecule has 0 saturated carbocycles. The Kier molecular flexibility index (Phi) is 5.52. The van der Waals surface area contributed by atoms with Crippen LogP contribution >= 0.6 is 0 Å². The third kappa shape index (κ3) is 3.67. The van der Waals surface area contributed by atoms with Crippen LogP contribution in [0.15, 0.2) is 18.2 Å². The third-order valence-corrected chi connectivity index (χ3v) is 2.39. The Morgan fingerprint density at radius 3 is 2.89 bits per heavy atom. The van der Waals surface area contributed by atoms with Crippen LogP contribution in [0.1, 0.15) is 29.6 Å². The normalized spacial score (nSPS) is 9.56. The van der Waals surface area contributed by atoms with Crippen molar-refractivity contribution in [1.29, 1.82) is 5.26 Å². The summed E-state index contributed by atoms with van der Waals surface area (Å²) in [5, 5.41) is 8.36. The van der Waals surface area contributed by atoms with Crippen molar-refractivity contribution in [3.05, 3.63) is 23.8 Å². The summed E-state index contributed by atoms with van der Waals surface area (Å²) in [6, 6.07) is 6.97. The summed E-state index contributed by atoms with van der Waals surface area (Å²) in [5.74, 6) is -0.129. The molecule has 0 aromatic heterocycles. The summed E-state index contributed by atoms with van der Waals surface area (Å²) in [6.45, 7) is 0.290. The van der Waals surface area contributed by atoms with Crippen LogP contribution in [-0.4, -0.2) is 19.7 Å². The number of para-hydroxylation sites is 1. The van der Waals surface area contributed by atoms with Crippen molar-refractivity contribution in [1.82, 2.24) is 0 Å². The second kappa shape index (κ2) is 7.17. The number of benzene rings is 1. The Bertz CT molecular complexity index is 452. The summed E-state index contributed by atoms with van der Waals surface area (Å²) in [4.78, 5) is 11.8. The van der Waals surface area contributed by atoms with Crippen LogP contribution in [0.25, 0.3) is 0 Å². The highest BCUT2D eigenvalue weighted by Crippen LogP contribution is 2.26. The maximum Gasteiger partial charge on any atom is 0.342 e. The van der Waals surface area contributed by atoms with Crippen molar-refractivity contribution < 1.29 is 14.3 Å². The zero-order chi connectivity index (χ0) is 13.4. The molecule has 1 aromatic rings. The predicted molar refractivity (Wildman–Crippen MR) is 67.2 cm³/mol. The lowest BCUT2D eigenvalue weighted by Gasteiger charge is -2.10. The average molecular weight is 248 g/mol. The van der Waals surface area contributed by atoms with Crippen LogP contribution in [-0.2, 0) is 4.74 Å². The summed E-state index contributed by atoms with van der Waals surface area (Å²) in [5.41, 5.74) is 6.41. The number of anilines is 1. The summed E-state index contributed by atoms with van der Waals surface area (Å²) < 4.78 is 10.2. The molecule has 0 amide bonds. The summed E-state index contributed by atoms with van der Waals surface area (Å²) in [7, 11) is 1.45. The molecule has 0 aliphatic rings. The number of ether oxygens (including phenoxy) is 2. The number of nitriles is 1. The van der Waals surface area contributed by atoms with E-state index in [4.69, 9.17) is 20.5 Å². The maximum absolute atomic E-state index is 11.8. The maximum atomic E-state index is 11.8. The highest BCUT2D eigenvalue weighted by Gasteiger charge is 2.15. The van der Waals surface area contributed by atoms with Gasteiger partial charge in [0.25, 0.3) is 0 Å². The van der Waals surface area contributed by atoms with Crippen molar-refractivity contribution >= 4 is 11.7 Å². The molecule has 0 unspecified atom stereocenters. The van der Waals surface area contributed by atoms with E-state index >= 15 is 0 Å². The molecule has 0 aliphatic carbocycles. The third-order valence-electron chi connectivity index (χ3n) is 2.39. The molecule has 0 heterocycles. The fourth-order valence-electron chi connectivity index (χ4n) is 1.49. The number of esters is 1. The van der Waals surface area contributed by atoms with Gasteiger partial charge in [0.1, 0.15) is 5.56 Å². The van der Waals surface area contributed by atoms with Crippen molar-refractivity contribution in [3.63, 3.8) is 0 Å². The topological polar surface area (TPSA) is 85.3 Å². The van der Waals surface area contributed by atoms with Gasteiger partial charge in [0, 0.05) is 6.42 Å². The summed E-state index contributed by atoms with van der Waals surface area (Å²) in [6.07, 6.45) is 1.86. The molecule has 0 atom stereocenters. The Labute approximate surface area is 106 Å². The molecule has 0 fully saturated rings. The van der Waals surface area contributed by atoms with Crippen molar-refractivity contribution in [2.75, 3.05) is 19.5 Å². The molecule has 0 aliphatic heterocycles. The second-order valence-corrected chi connectivity index (χ2v) is 3.68. The van der Waals surface area contributed by atoms with Gasteiger partial charge in [-0.2, -0.15) is 5.26 Å². The second-order valence-electron chi connectivity index (χ2n) is 3.68. The van der Waals surface area contributed by atoms with E-state index in [1.807, 2.05) is 6.07 Å². The minimum atomic E-state index is -0.462. The molecule has 0 spiro atoms. The number of nitrogen functional groups attached to an aromatic ring is 1. The molecule has 0 bridgehead atoms. The average Bonchev–Trinajstić information content (AvgIpc) is 2.38. The number of nitrogens with zero attached hydrogens (tertiary/aromatic N) is 1. The van der Waals surface area contributed by atoms with E-state index in [1.165, 1.54) is 7.11 Å². The van der Waals surface area contributed by atoms with E-state index in [0.29, 0.717) is 36.4 Å². The molecular weight excluding hydrogens is 232 g/mol. The Hall–Kier alpha value is -2.22. The minimum Gasteiger partial charge on any atom is -0.494 e. The largest absolute Gasteiger partial charge is 0.494 e. The number of nitrogens with two attached hydrogens (primary N) is 1. The zero-order valence-electron chi connectivity index (χ0n) is 10.3. The highest BCUT2D eigenvalue weighted by atomic mass is 16.5. The van der Waals surface area contributed by atoms with Gasteiger partial charge in [0.15, 0.2) is 5.75 Å². The molecule has 18 heavy (non-hydrogen) atoms. The zero-order valence-corrected chi connectivity index (χ0v) is 10.3. The highest BCUT2D eigenvalue weighted by molar-refractivity contribution is 5.94. The van der Waals surface area contributed by atoms with Crippen LogP contribution in [0.4, 0.5) is 5.69 Å². The van der Waals surface area contributed by atoms with Crippen molar-refractivity contribution in [2.24, 2.45) is 0 Å². The quantitative estimate of drug-likeness (QED) is 0.473. The SMILES string of the molecule is COc1c(N)cccc1C(=O)OCCCCC#N. The predicted octanol–water partition coefficient (Wildman–Crippen LogP) is 2.13. The van der Waals surface area contributed by atoms with Gasteiger partial charge in [0.05, 0.1) is 25.5 Å². The molecule has 0 radical (unpaired) electrons. The van der Waals surface area contributed by atoms with Crippen LogP contribution in [0, 0.1) is 11.3 Å². The van der Waals surface area contributed by atoms with E-state index in [0.717, 1.165) is 6.42 Å². The number of carbonyl (C=O) groups excluding carboxylic acids is 1. The molecule has 5 nitrogen and oxygen atoms in total. The number of rotatable bonds is 6. The van der Waals surface area contributed by atoms with Gasteiger partial charge < -0.3 is 15.2 Å². The standard InChI is InChI=1S/C13H16N2O3/c1-17-12-10(6-5-7-11(12)15)13(16)18-9-4-2-3-8-14/h5-7H,2-4,9,15H2,1H3. The van der Waals surface area contributed by atoms with E-state index in [-0.39, 0.29) is 0 Å². The van der Waals surface area contributed by atoms with Gasteiger partial charge in [-0.1, -0.05) is 6.07 Å². The van der Waals surface area contributed by atoms with E-state index in [2.05, 4.69) is 0 Å². The fraction of sp³-hybridized carbons (Fsp3) is 0.385.